The zero-order chi connectivity index (χ0) is 22.8. The molecule has 32 heavy (non-hydrogen) atoms. The first-order valence-electron chi connectivity index (χ1n) is 10.5. The van der Waals surface area contributed by atoms with Crippen LogP contribution in [0.2, 0.25) is 5.02 Å². The molecular formula is C23H26ClFO7. The molecule has 9 heteroatoms. The Balaban J connectivity index is 1.52. The van der Waals surface area contributed by atoms with Crippen molar-refractivity contribution in [2.24, 2.45) is 0 Å². The molecule has 6 atom stereocenters. The molecule has 0 aromatic heterocycles. The van der Waals surface area contributed by atoms with E-state index in [4.69, 9.17) is 25.8 Å². The van der Waals surface area contributed by atoms with Gasteiger partial charge in [0.25, 0.3) is 0 Å². The van der Waals surface area contributed by atoms with Gasteiger partial charge in [-0.2, -0.15) is 0 Å². The van der Waals surface area contributed by atoms with Gasteiger partial charge in [0, 0.05) is 11.4 Å². The van der Waals surface area contributed by atoms with E-state index in [9.17, 15) is 24.8 Å². The lowest BCUT2D eigenvalue weighted by molar-refractivity contribution is -0.231. The zero-order valence-electron chi connectivity index (χ0n) is 17.2. The number of ether oxygens (including phenoxy) is 3. The summed E-state index contributed by atoms with van der Waals surface area (Å²) in [7, 11) is 0. The molecular weight excluding hydrogens is 443 g/mol. The van der Waals surface area contributed by atoms with Gasteiger partial charge in [-0.25, -0.2) is 4.39 Å². The average molecular weight is 469 g/mol. The molecule has 2 aliphatic heterocycles. The molecule has 2 heterocycles. The molecule has 2 aliphatic rings. The van der Waals surface area contributed by atoms with Crippen LogP contribution in [0.15, 0.2) is 36.4 Å². The van der Waals surface area contributed by atoms with Crippen molar-refractivity contribution >= 4 is 11.6 Å². The van der Waals surface area contributed by atoms with Crippen molar-refractivity contribution in [2.75, 3.05) is 19.8 Å². The van der Waals surface area contributed by atoms with Crippen LogP contribution in [0.5, 0.6) is 5.75 Å². The second-order valence-corrected chi connectivity index (χ2v) is 8.55. The molecule has 4 rings (SSSR count). The van der Waals surface area contributed by atoms with E-state index in [0.717, 1.165) is 6.42 Å². The highest BCUT2D eigenvalue weighted by molar-refractivity contribution is 6.31. The Morgan fingerprint density at radius 3 is 2.56 bits per heavy atom. The predicted octanol–water partition coefficient (Wildman–Crippen LogP) is 1.75. The Kier molecular flexibility index (Phi) is 7.31. The second kappa shape index (κ2) is 10.0. The third-order valence-electron chi connectivity index (χ3n) is 5.86. The Morgan fingerprint density at radius 1 is 1.06 bits per heavy atom. The van der Waals surface area contributed by atoms with Gasteiger partial charge in [-0.3, -0.25) is 0 Å². The molecule has 0 bridgehead atoms. The number of hydrogen-bond acceptors (Lipinski definition) is 7. The molecule has 0 spiro atoms. The van der Waals surface area contributed by atoms with Crippen molar-refractivity contribution in [3.63, 3.8) is 0 Å². The lowest BCUT2D eigenvalue weighted by Crippen LogP contribution is -2.55. The summed E-state index contributed by atoms with van der Waals surface area (Å²) < 4.78 is 31.1. The Labute approximate surface area is 189 Å². The summed E-state index contributed by atoms with van der Waals surface area (Å²) >= 11 is 6.35. The SMILES string of the molecule is OCC1O[C@@H](c2ccc(Cl)c(Cc3ccc(OC4CCOC4)c(F)c3)c2)[C@H](O)[C@@H](O)[C@@H]1O. The monoisotopic (exact) mass is 468 g/mol. The first-order valence-corrected chi connectivity index (χ1v) is 10.9. The molecule has 7 nitrogen and oxygen atoms in total. The van der Waals surface area contributed by atoms with Crippen molar-refractivity contribution in [1.82, 2.24) is 0 Å². The smallest absolute Gasteiger partial charge is 0.165 e. The molecule has 174 valence electrons. The molecule has 0 saturated carbocycles. The standard InChI is InChI=1S/C23H26ClFO7/c24-16-3-2-13(23-22(29)21(28)20(27)19(10-26)32-23)9-14(16)7-12-1-4-18(17(25)8-12)31-15-5-6-30-11-15/h1-4,8-9,15,19-23,26-29H,5-7,10-11H2/t15?,19?,20-,21+,22-,23+/m1/s1. The van der Waals surface area contributed by atoms with Gasteiger partial charge >= 0.3 is 0 Å². The molecule has 0 amide bonds. The predicted molar refractivity (Wildman–Crippen MR) is 113 cm³/mol. The zero-order valence-corrected chi connectivity index (χ0v) is 18.0. The van der Waals surface area contributed by atoms with Gasteiger partial charge in [0.1, 0.15) is 36.6 Å². The molecule has 0 aliphatic carbocycles. The van der Waals surface area contributed by atoms with Gasteiger partial charge in [0.05, 0.1) is 19.8 Å². The quantitative estimate of drug-likeness (QED) is 0.511. The Hall–Kier alpha value is -1.78. The van der Waals surface area contributed by atoms with Crippen molar-refractivity contribution in [1.29, 1.82) is 0 Å². The van der Waals surface area contributed by atoms with Gasteiger partial charge in [-0.15, -0.1) is 0 Å². The van der Waals surface area contributed by atoms with Gasteiger partial charge in [0.15, 0.2) is 11.6 Å². The maximum Gasteiger partial charge on any atom is 0.165 e. The lowest BCUT2D eigenvalue weighted by Gasteiger charge is -2.40. The van der Waals surface area contributed by atoms with Gasteiger partial charge < -0.3 is 34.6 Å². The fourth-order valence-electron chi connectivity index (χ4n) is 4.04. The largest absolute Gasteiger partial charge is 0.485 e. The van der Waals surface area contributed by atoms with Gasteiger partial charge in [-0.1, -0.05) is 29.8 Å². The van der Waals surface area contributed by atoms with Crippen LogP contribution in [0.3, 0.4) is 0 Å². The van der Waals surface area contributed by atoms with E-state index in [1.54, 1.807) is 30.3 Å². The van der Waals surface area contributed by atoms with E-state index >= 15 is 0 Å². The maximum atomic E-state index is 14.6. The van der Waals surface area contributed by atoms with Crippen LogP contribution in [0.1, 0.15) is 29.2 Å². The molecule has 2 fully saturated rings. The number of aliphatic hydroxyl groups is 4. The van der Waals surface area contributed by atoms with Crippen molar-refractivity contribution < 1.29 is 39.0 Å². The number of benzene rings is 2. The lowest BCUT2D eigenvalue weighted by atomic mass is 9.90. The van der Waals surface area contributed by atoms with E-state index < -0.39 is 42.9 Å². The highest BCUT2D eigenvalue weighted by Crippen LogP contribution is 2.34. The minimum absolute atomic E-state index is 0.153. The number of rotatable bonds is 6. The minimum atomic E-state index is -1.48. The van der Waals surface area contributed by atoms with E-state index in [2.05, 4.69) is 0 Å². The summed E-state index contributed by atoms with van der Waals surface area (Å²) in [5.41, 5.74) is 1.85. The number of hydrogen-bond donors (Lipinski definition) is 4. The normalized spacial score (nSPS) is 30.4. The van der Waals surface area contributed by atoms with E-state index in [1.165, 1.54) is 6.07 Å². The molecule has 0 radical (unpaired) electrons. The van der Waals surface area contributed by atoms with Gasteiger partial charge in [-0.05, 0) is 41.3 Å². The summed E-state index contributed by atoms with van der Waals surface area (Å²) in [6, 6.07) is 9.69. The van der Waals surface area contributed by atoms with Crippen molar-refractivity contribution in [2.45, 2.75) is 49.5 Å². The summed E-state index contributed by atoms with van der Waals surface area (Å²) in [4.78, 5) is 0. The first kappa shape index (κ1) is 23.4. The van der Waals surface area contributed by atoms with Crippen molar-refractivity contribution in [3.05, 3.63) is 63.9 Å². The fourth-order valence-corrected chi connectivity index (χ4v) is 4.22. The Bertz CT molecular complexity index is 935. The van der Waals surface area contributed by atoms with E-state index in [0.29, 0.717) is 41.3 Å². The van der Waals surface area contributed by atoms with Crippen LogP contribution in [0.4, 0.5) is 4.39 Å². The summed E-state index contributed by atoms with van der Waals surface area (Å²) in [5.74, 6) is -0.305. The average Bonchev–Trinajstić information content (AvgIpc) is 3.29. The van der Waals surface area contributed by atoms with Crippen LogP contribution < -0.4 is 4.74 Å². The Morgan fingerprint density at radius 2 is 1.88 bits per heavy atom. The van der Waals surface area contributed by atoms with Crippen LogP contribution >= 0.6 is 11.6 Å². The highest BCUT2D eigenvalue weighted by atomic mass is 35.5. The molecule has 2 saturated heterocycles. The van der Waals surface area contributed by atoms with Crippen LogP contribution in [0, 0.1) is 5.82 Å². The molecule has 2 aromatic rings. The van der Waals surface area contributed by atoms with Gasteiger partial charge in [0.2, 0.25) is 0 Å². The van der Waals surface area contributed by atoms with Crippen LogP contribution in [-0.2, 0) is 15.9 Å². The van der Waals surface area contributed by atoms with Crippen molar-refractivity contribution in [3.8, 4) is 5.75 Å². The topological polar surface area (TPSA) is 109 Å². The van der Waals surface area contributed by atoms with E-state index in [-0.39, 0.29) is 11.9 Å². The first-order chi connectivity index (χ1) is 15.4. The van der Waals surface area contributed by atoms with E-state index in [1.807, 2.05) is 0 Å². The fraction of sp³-hybridized carbons (Fsp3) is 0.478. The van der Waals surface area contributed by atoms with Crippen LogP contribution in [0.25, 0.3) is 0 Å². The third kappa shape index (κ3) is 4.92. The number of halogens is 2. The molecule has 2 aromatic carbocycles. The van der Waals surface area contributed by atoms with Crippen LogP contribution in [-0.4, -0.2) is 70.8 Å². The maximum absolute atomic E-state index is 14.6. The molecule has 4 N–H and O–H groups in total. The highest BCUT2D eigenvalue weighted by Gasteiger charge is 2.44. The number of aliphatic hydroxyl groups excluding tert-OH is 4. The summed E-state index contributed by atoms with van der Waals surface area (Å²) in [6.07, 6.45) is -5.40. The third-order valence-corrected chi connectivity index (χ3v) is 6.23. The second-order valence-electron chi connectivity index (χ2n) is 8.15. The molecule has 2 unspecified atom stereocenters. The summed E-state index contributed by atoms with van der Waals surface area (Å²) in [5, 5.41) is 40.3. The minimum Gasteiger partial charge on any atom is -0.485 e. The summed E-state index contributed by atoms with van der Waals surface area (Å²) in [6.45, 7) is 0.539.